The third-order valence-electron chi connectivity index (χ3n) is 7.23. The second-order valence-electron chi connectivity index (χ2n) is 9.59. The minimum absolute atomic E-state index is 0.00466. The summed E-state index contributed by atoms with van der Waals surface area (Å²) in [6, 6.07) is -3.64. The number of alkyl halides is 7. The summed E-state index contributed by atoms with van der Waals surface area (Å²) in [5.74, 6) is -5.23. The van der Waals surface area contributed by atoms with E-state index in [0.29, 0.717) is 12.8 Å². The van der Waals surface area contributed by atoms with Crippen LogP contribution >= 0.6 is 0 Å². The monoisotopic (exact) mass is 528 g/mol. The van der Waals surface area contributed by atoms with Gasteiger partial charge in [-0.05, 0) is 51.1 Å². The second kappa shape index (κ2) is 9.19. The number of aromatic nitrogens is 2. The number of nitrogens with two attached hydrogens (primary N) is 1. The molecule has 14 heteroatoms. The van der Waals surface area contributed by atoms with Crippen molar-refractivity contribution in [2.45, 2.75) is 69.8 Å². The molecule has 3 aliphatic rings. The highest BCUT2D eigenvalue weighted by Crippen LogP contribution is 2.44. The molecule has 0 aromatic carbocycles. The Morgan fingerprint density at radius 1 is 1.11 bits per heavy atom. The molecule has 7 nitrogen and oxygen atoms in total. The lowest BCUT2D eigenvalue weighted by Crippen LogP contribution is -2.62. The largest absolute Gasteiger partial charge is 0.494 e. The van der Waals surface area contributed by atoms with Crippen molar-refractivity contribution >= 4 is 11.3 Å². The number of hydrogen-bond donors (Lipinski definition) is 2. The summed E-state index contributed by atoms with van der Waals surface area (Å²) in [4.78, 5) is 28.9. The van der Waals surface area contributed by atoms with Crippen LogP contribution in [0.1, 0.15) is 39.2 Å². The number of nitrogens with zero attached hydrogens (tertiary/aromatic N) is 2. The Morgan fingerprint density at radius 2 is 1.72 bits per heavy atom. The molecule has 36 heavy (non-hydrogen) atoms. The molecule has 1 aliphatic heterocycles. The summed E-state index contributed by atoms with van der Waals surface area (Å²) in [5, 5.41) is 0.0658. The fourth-order valence-corrected chi connectivity index (χ4v) is 5.53. The van der Waals surface area contributed by atoms with Gasteiger partial charge in [0.1, 0.15) is 11.0 Å². The first kappa shape index (κ1) is 26.7. The number of fused-ring (bicyclic) bond motifs is 1. The van der Waals surface area contributed by atoms with Crippen molar-refractivity contribution in [2.75, 3.05) is 19.7 Å². The van der Waals surface area contributed by atoms with E-state index in [0.717, 1.165) is 0 Å². The number of likely N-dealkylation sites (tertiary alicyclic amines) is 1. The summed E-state index contributed by atoms with van der Waals surface area (Å²) >= 11 is 0. The van der Waals surface area contributed by atoms with E-state index >= 15 is 4.39 Å². The van der Waals surface area contributed by atoms with Gasteiger partial charge in [-0.3, -0.25) is 19.2 Å². The fourth-order valence-electron chi connectivity index (χ4n) is 5.53. The van der Waals surface area contributed by atoms with Gasteiger partial charge in [0.25, 0.3) is 5.56 Å². The summed E-state index contributed by atoms with van der Waals surface area (Å²) in [7, 11) is 0. The van der Waals surface area contributed by atoms with Crippen LogP contribution in [-0.2, 0) is 4.74 Å². The van der Waals surface area contributed by atoms with Crippen LogP contribution in [0.15, 0.2) is 9.59 Å². The van der Waals surface area contributed by atoms with Crippen molar-refractivity contribution in [3.63, 3.8) is 0 Å². The third-order valence-corrected chi connectivity index (χ3v) is 7.23. The predicted molar refractivity (Wildman–Crippen MR) is 115 cm³/mol. The van der Waals surface area contributed by atoms with Crippen molar-refractivity contribution in [3.8, 4) is 0 Å². The Hall–Kier alpha value is -2.35. The van der Waals surface area contributed by atoms with Crippen molar-refractivity contribution in [1.29, 1.82) is 0 Å². The molecule has 4 rings (SSSR count). The maximum Gasteiger partial charge on any atom is 0.402 e. The van der Waals surface area contributed by atoms with Gasteiger partial charge in [-0.25, -0.2) is 9.18 Å². The van der Waals surface area contributed by atoms with Crippen LogP contribution in [0, 0.1) is 11.8 Å². The van der Waals surface area contributed by atoms with E-state index in [1.54, 1.807) is 6.92 Å². The molecule has 4 unspecified atom stereocenters. The highest BCUT2D eigenvalue weighted by Gasteiger charge is 2.61. The zero-order valence-electron chi connectivity index (χ0n) is 19.5. The van der Waals surface area contributed by atoms with E-state index in [4.69, 9.17) is 10.5 Å². The zero-order chi connectivity index (χ0) is 26.7. The van der Waals surface area contributed by atoms with Crippen molar-refractivity contribution < 1.29 is 35.5 Å². The van der Waals surface area contributed by atoms with Crippen molar-refractivity contribution in [1.82, 2.24) is 14.5 Å². The molecule has 0 radical (unpaired) electrons. The molecule has 0 amide bonds. The lowest BCUT2D eigenvalue weighted by atomic mass is 9.87. The number of hydrogen-bond acceptors (Lipinski definition) is 5. The molecule has 2 heterocycles. The van der Waals surface area contributed by atoms with Crippen LogP contribution in [0.25, 0.3) is 11.3 Å². The molecule has 2 fully saturated rings. The Bertz CT molecular complexity index is 1230. The van der Waals surface area contributed by atoms with Gasteiger partial charge in [0.05, 0.1) is 18.0 Å². The number of nitrogens with one attached hydrogen (secondary N) is 1. The Balaban J connectivity index is 1.77. The minimum atomic E-state index is -5.59. The van der Waals surface area contributed by atoms with Gasteiger partial charge in [0.2, 0.25) is 0 Å². The number of halogens is 7. The standard InChI is InChI=1S/C22H27F7N4O3/c1-3-36-17-12-15(33(11-4-5-11)20(35)31-19(12)34)9(2)16(13(17)23)32-7-6-10(8-32)14(30)18(21(24,25)26)22(27,28)29/h10-11,13-14,16,18H,3-8,30H2,1-2H3,(H,31,34,35). The van der Waals surface area contributed by atoms with Gasteiger partial charge in [-0.15, -0.1) is 0 Å². The predicted octanol–water partition coefficient (Wildman–Crippen LogP) is 1.30. The number of H-pyrrole nitrogens is 1. The van der Waals surface area contributed by atoms with E-state index in [1.807, 2.05) is 0 Å². The highest BCUT2D eigenvalue weighted by molar-refractivity contribution is 5.61. The molecular weight excluding hydrogens is 501 g/mol. The quantitative estimate of drug-likeness (QED) is 0.544. The van der Waals surface area contributed by atoms with Crippen LogP contribution in [0.2, 0.25) is 0 Å². The topological polar surface area (TPSA) is 93.3 Å². The Morgan fingerprint density at radius 3 is 2.25 bits per heavy atom. The van der Waals surface area contributed by atoms with E-state index < -0.39 is 53.7 Å². The first-order chi connectivity index (χ1) is 16.7. The number of ether oxygens (including phenoxy) is 1. The van der Waals surface area contributed by atoms with Gasteiger partial charge < -0.3 is 10.5 Å². The van der Waals surface area contributed by atoms with Gasteiger partial charge >= 0.3 is 18.0 Å². The van der Waals surface area contributed by atoms with E-state index in [1.165, 1.54) is 16.4 Å². The highest BCUT2D eigenvalue weighted by atomic mass is 19.4. The smallest absolute Gasteiger partial charge is 0.402 e. The molecule has 202 valence electrons. The molecule has 0 bridgehead atoms. The fraction of sp³-hybridized carbons (Fsp3) is 0.727. The first-order valence-corrected chi connectivity index (χ1v) is 11.7. The lowest BCUT2D eigenvalue weighted by Gasteiger charge is -2.36. The summed E-state index contributed by atoms with van der Waals surface area (Å²) in [5.41, 5.74) is 4.32. The molecule has 0 spiro atoms. The van der Waals surface area contributed by atoms with Crippen LogP contribution in [-0.4, -0.2) is 64.8 Å². The molecule has 3 N–H and O–H groups in total. The molecule has 1 aromatic heterocycles. The van der Waals surface area contributed by atoms with Gasteiger partial charge in [0.15, 0.2) is 12.1 Å². The van der Waals surface area contributed by atoms with Gasteiger partial charge in [-0.1, -0.05) is 0 Å². The summed E-state index contributed by atoms with van der Waals surface area (Å²) in [6.45, 7) is 2.74. The third kappa shape index (κ3) is 4.57. The molecule has 1 saturated heterocycles. The second-order valence-corrected chi connectivity index (χ2v) is 9.59. The van der Waals surface area contributed by atoms with E-state index in [9.17, 15) is 35.9 Å². The summed E-state index contributed by atoms with van der Waals surface area (Å²) < 4.78 is 102. The van der Waals surface area contributed by atoms with Crippen molar-refractivity contribution in [3.05, 3.63) is 31.4 Å². The SMILES string of the molecule is CCOC1=c2c(=O)[nH]c(=O)n(C3CC3)c2=C(C)C(N2CCC(C(N)C(C(F)(F)F)C(F)(F)F)C2)C1F. The summed E-state index contributed by atoms with van der Waals surface area (Å²) in [6.07, 6.45) is -11.9. The van der Waals surface area contributed by atoms with E-state index in [2.05, 4.69) is 4.98 Å². The zero-order valence-corrected chi connectivity index (χ0v) is 19.5. The van der Waals surface area contributed by atoms with Crippen LogP contribution in [0.5, 0.6) is 0 Å². The Kier molecular flexibility index (Phi) is 6.82. The molecule has 4 atom stereocenters. The lowest BCUT2D eigenvalue weighted by molar-refractivity contribution is -0.292. The normalized spacial score (nSPS) is 26.5. The molecule has 1 saturated carbocycles. The van der Waals surface area contributed by atoms with Crippen LogP contribution in [0.4, 0.5) is 30.7 Å². The molecular formula is C22H27F7N4O3. The van der Waals surface area contributed by atoms with Gasteiger partial charge in [-0.2, -0.15) is 26.3 Å². The van der Waals surface area contributed by atoms with E-state index in [-0.39, 0.29) is 54.1 Å². The first-order valence-electron chi connectivity index (χ1n) is 11.7. The number of aromatic amines is 1. The Labute approximate surface area is 200 Å². The maximum absolute atomic E-state index is 15.9. The molecule has 1 aromatic rings. The van der Waals surface area contributed by atoms with Gasteiger partial charge in [0, 0.05) is 18.6 Å². The number of rotatable bonds is 6. The minimum Gasteiger partial charge on any atom is -0.494 e. The van der Waals surface area contributed by atoms with Crippen molar-refractivity contribution in [2.24, 2.45) is 17.6 Å². The maximum atomic E-state index is 15.9. The average Bonchev–Trinajstić information content (AvgIpc) is 3.45. The van der Waals surface area contributed by atoms with Crippen LogP contribution in [0.3, 0.4) is 0 Å². The molecule has 2 aliphatic carbocycles. The van der Waals surface area contributed by atoms with Crippen LogP contribution < -0.4 is 27.6 Å². The average molecular weight is 528 g/mol.